The second-order valence-electron chi connectivity index (χ2n) is 2.65. The van der Waals surface area contributed by atoms with E-state index in [1.165, 1.54) is 0 Å². The van der Waals surface area contributed by atoms with Crippen LogP contribution in [0.3, 0.4) is 0 Å². The summed E-state index contributed by atoms with van der Waals surface area (Å²) >= 11 is 0. The van der Waals surface area contributed by atoms with Crippen molar-refractivity contribution in [1.29, 1.82) is 0 Å². The highest BCUT2D eigenvalue weighted by Crippen LogP contribution is 1.92. The van der Waals surface area contributed by atoms with Crippen LogP contribution in [-0.4, -0.2) is 30.2 Å². The lowest BCUT2D eigenvalue weighted by Crippen LogP contribution is -2.38. The lowest BCUT2D eigenvalue weighted by molar-refractivity contribution is -0.125. The van der Waals surface area contributed by atoms with Crippen LogP contribution >= 0.6 is 0 Å². The number of aliphatic hydroxyl groups is 1. The van der Waals surface area contributed by atoms with E-state index in [1.54, 1.807) is 0 Å². The average molecular weight is 172 g/mol. The highest BCUT2D eigenvalue weighted by atomic mass is 16.3. The first-order valence-electron chi connectivity index (χ1n) is 3.92. The van der Waals surface area contributed by atoms with Crippen LogP contribution in [0.5, 0.6) is 0 Å². The Hall–Kier alpha value is -0.870. The third-order valence-corrected chi connectivity index (χ3v) is 1.54. The van der Waals surface area contributed by atoms with Crippen LogP contribution in [0.4, 0.5) is 0 Å². The molecule has 0 heterocycles. The van der Waals surface area contributed by atoms with E-state index < -0.39 is 12.0 Å². The van der Waals surface area contributed by atoms with Crippen LogP contribution in [0.2, 0.25) is 0 Å². The number of nitrogens with one attached hydrogen (secondary N) is 1. The fraction of sp³-hybridized carbons (Fsp3) is 0.625. The van der Waals surface area contributed by atoms with Crippen LogP contribution in [0.1, 0.15) is 13.3 Å². The number of carbonyl (C=O) groups excluding carboxylic acids is 1. The summed E-state index contributed by atoms with van der Waals surface area (Å²) in [5.41, 5.74) is 5.87. The molecule has 0 aromatic heterocycles. The smallest absolute Gasteiger partial charge is 0.247 e. The molecule has 0 spiro atoms. The SMILES string of the molecule is C=C(CC)CNCC(O)C(N)=O. The van der Waals surface area contributed by atoms with Crippen molar-refractivity contribution in [3.05, 3.63) is 12.2 Å². The normalized spacial score (nSPS) is 12.5. The molecular formula is C8H16N2O2. The van der Waals surface area contributed by atoms with E-state index in [0.29, 0.717) is 6.54 Å². The molecule has 70 valence electrons. The lowest BCUT2D eigenvalue weighted by Gasteiger charge is -2.08. The number of carbonyl (C=O) groups is 1. The largest absolute Gasteiger partial charge is 0.382 e. The first-order valence-corrected chi connectivity index (χ1v) is 3.92. The molecule has 0 bridgehead atoms. The Morgan fingerprint density at radius 2 is 2.33 bits per heavy atom. The minimum atomic E-state index is -1.10. The number of aliphatic hydroxyl groups excluding tert-OH is 1. The predicted molar refractivity (Wildman–Crippen MR) is 47.5 cm³/mol. The van der Waals surface area contributed by atoms with Crippen molar-refractivity contribution < 1.29 is 9.90 Å². The van der Waals surface area contributed by atoms with Crippen LogP contribution in [0.15, 0.2) is 12.2 Å². The Morgan fingerprint density at radius 1 is 1.75 bits per heavy atom. The summed E-state index contributed by atoms with van der Waals surface area (Å²) in [6.07, 6.45) is -0.214. The van der Waals surface area contributed by atoms with Gasteiger partial charge in [0.15, 0.2) is 0 Å². The van der Waals surface area contributed by atoms with Crippen molar-refractivity contribution in [3.63, 3.8) is 0 Å². The van der Waals surface area contributed by atoms with Gasteiger partial charge in [-0.1, -0.05) is 19.1 Å². The number of rotatable bonds is 6. The van der Waals surface area contributed by atoms with Crippen molar-refractivity contribution in [2.24, 2.45) is 5.73 Å². The first-order chi connectivity index (χ1) is 5.57. The molecule has 4 N–H and O–H groups in total. The molecule has 0 aromatic rings. The van der Waals surface area contributed by atoms with Gasteiger partial charge in [0.05, 0.1) is 0 Å². The quantitative estimate of drug-likeness (QED) is 0.468. The van der Waals surface area contributed by atoms with Gasteiger partial charge in [-0.25, -0.2) is 0 Å². The summed E-state index contributed by atoms with van der Waals surface area (Å²) < 4.78 is 0. The zero-order chi connectivity index (χ0) is 9.56. The summed E-state index contributed by atoms with van der Waals surface area (Å²) in [5.74, 6) is -0.704. The van der Waals surface area contributed by atoms with Gasteiger partial charge in [-0.15, -0.1) is 0 Å². The summed E-state index contributed by atoms with van der Waals surface area (Å²) in [4.78, 5) is 10.4. The maximum Gasteiger partial charge on any atom is 0.247 e. The Bertz CT molecular complexity index is 168. The van der Waals surface area contributed by atoms with Crippen molar-refractivity contribution in [2.45, 2.75) is 19.4 Å². The van der Waals surface area contributed by atoms with Gasteiger partial charge in [0.1, 0.15) is 6.10 Å². The number of primary amides is 1. The van der Waals surface area contributed by atoms with Gasteiger partial charge < -0.3 is 16.2 Å². The Labute approximate surface area is 72.4 Å². The number of hydrogen-bond donors (Lipinski definition) is 3. The van der Waals surface area contributed by atoms with Crippen molar-refractivity contribution in [2.75, 3.05) is 13.1 Å². The van der Waals surface area contributed by atoms with E-state index in [2.05, 4.69) is 11.9 Å². The third kappa shape index (κ3) is 4.87. The number of amides is 1. The highest BCUT2D eigenvalue weighted by Gasteiger charge is 2.08. The van der Waals surface area contributed by atoms with E-state index in [0.717, 1.165) is 12.0 Å². The molecule has 0 fully saturated rings. The van der Waals surface area contributed by atoms with Gasteiger partial charge in [0, 0.05) is 13.1 Å². The minimum Gasteiger partial charge on any atom is -0.382 e. The Balaban J connectivity index is 3.43. The molecule has 4 heteroatoms. The van der Waals surface area contributed by atoms with Crippen molar-refractivity contribution in [3.8, 4) is 0 Å². The molecule has 12 heavy (non-hydrogen) atoms. The topological polar surface area (TPSA) is 75.3 Å². The highest BCUT2D eigenvalue weighted by molar-refractivity contribution is 5.78. The molecule has 0 saturated heterocycles. The molecule has 1 amide bonds. The average Bonchev–Trinajstić information content (AvgIpc) is 2.03. The Morgan fingerprint density at radius 3 is 2.75 bits per heavy atom. The van der Waals surface area contributed by atoms with E-state index >= 15 is 0 Å². The van der Waals surface area contributed by atoms with Crippen molar-refractivity contribution in [1.82, 2.24) is 5.32 Å². The molecule has 0 saturated carbocycles. The summed E-state index contributed by atoms with van der Waals surface area (Å²) in [5, 5.41) is 11.8. The standard InChI is InChI=1S/C8H16N2O2/c1-3-6(2)4-10-5-7(11)8(9)12/h7,10-11H,2-5H2,1H3,(H2,9,12). The minimum absolute atomic E-state index is 0.189. The van der Waals surface area contributed by atoms with E-state index in [1.807, 2.05) is 6.92 Å². The lowest BCUT2D eigenvalue weighted by atomic mass is 10.2. The molecule has 0 rings (SSSR count). The van der Waals surface area contributed by atoms with E-state index in [4.69, 9.17) is 10.8 Å². The van der Waals surface area contributed by atoms with Gasteiger partial charge in [0.2, 0.25) is 5.91 Å². The summed E-state index contributed by atoms with van der Waals surface area (Å²) in [6, 6.07) is 0. The fourth-order valence-corrected chi connectivity index (χ4v) is 0.611. The van der Waals surface area contributed by atoms with Crippen LogP contribution in [0.25, 0.3) is 0 Å². The molecule has 0 aliphatic carbocycles. The van der Waals surface area contributed by atoms with Crippen LogP contribution in [-0.2, 0) is 4.79 Å². The molecule has 0 aliphatic rings. The second-order valence-corrected chi connectivity index (χ2v) is 2.65. The van der Waals surface area contributed by atoms with Crippen molar-refractivity contribution >= 4 is 5.91 Å². The number of hydrogen-bond acceptors (Lipinski definition) is 3. The third-order valence-electron chi connectivity index (χ3n) is 1.54. The molecule has 0 aromatic carbocycles. The molecule has 1 atom stereocenters. The fourth-order valence-electron chi connectivity index (χ4n) is 0.611. The van der Waals surface area contributed by atoms with Crippen LogP contribution in [0, 0.1) is 0 Å². The van der Waals surface area contributed by atoms with E-state index in [-0.39, 0.29) is 6.54 Å². The maximum absolute atomic E-state index is 10.4. The summed E-state index contributed by atoms with van der Waals surface area (Å²) in [6.45, 7) is 6.55. The van der Waals surface area contributed by atoms with Crippen LogP contribution < -0.4 is 11.1 Å². The van der Waals surface area contributed by atoms with Gasteiger partial charge >= 0.3 is 0 Å². The molecule has 4 nitrogen and oxygen atoms in total. The molecule has 0 radical (unpaired) electrons. The zero-order valence-corrected chi connectivity index (χ0v) is 7.34. The monoisotopic (exact) mass is 172 g/mol. The summed E-state index contributed by atoms with van der Waals surface area (Å²) in [7, 11) is 0. The molecular weight excluding hydrogens is 156 g/mol. The molecule has 1 unspecified atom stereocenters. The predicted octanol–water partition coefficient (Wildman–Crippen LogP) is -0.612. The van der Waals surface area contributed by atoms with Gasteiger partial charge in [0.25, 0.3) is 0 Å². The maximum atomic E-state index is 10.4. The molecule has 0 aliphatic heterocycles. The number of nitrogens with two attached hydrogens (primary N) is 1. The zero-order valence-electron chi connectivity index (χ0n) is 7.34. The second kappa shape index (κ2) is 5.74. The van der Waals surface area contributed by atoms with Gasteiger partial charge in [-0.05, 0) is 6.42 Å². The van der Waals surface area contributed by atoms with E-state index in [9.17, 15) is 4.79 Å². The Kier molecular flexibility index (Phi) is 5.32. The first kappa shape index (κ1) is 11.1. The van der Waals surface area contributed by atoms with Gasteiger partial charge in [-0.2, -0.15) is 0 Å². The van der Waals surface area contributed by atoms with Gasteiger partial charge in [-0.3, -0.25) is 4.79 Å².